The molecule has 0 rings (SSSR count). The van der Waals surface area contributed by atoms with Crippen molar-refractivity contribution >= 4 is 65.5 Å². The Hall–Kier alpha value is -5.83. The average Bonchev–Trinajstić information content (AvgIpc) is 3.05. The molecule has 0 saturated carbocycles. The number of carboxylic acids is 1. The summed E-state index contributed by atoms with van der Waals surface area (Å²) in [6, 6.07) is 0. The number of aliphatic carboxylic acids is 1. The first-order valence-electron chi connectivity index (χ1n) is 17.3. The van der Waals surface area contributed by atoms with Crippen LogP contribution in [0.5, 0.6) is 0 Å². The van der Waals surface area contributed by atoms with E-state index >= 15 is 0 Å². The van der Waals surface area contributed by atoms with Crippen LogP contribution in [0.2, 0.25) is 0 Å². The maximum Gasteiger partial charge on any atom is 0.303 e. The summed E-state index contributed by atoms with van der Waals surface area (Å²) in [5, 5.41) is 14.0. The number of rotatable bonds is 26. The van der Waals surface area contributed by atoms with Crippen molar-refractivity contribution in [2.24, 2.45) is 0 Å². The highest BCUT2D eigenvalue weighted by molar-refractivity contribution is 5.85. The van der Waals surface area contributed by atoms with E-state index in [9.17, 15) is 52.7 Å². The normalized spacial score (nSPS) is 13.1. The molecule has 316 valence electrons. The van der Waals surface area contributed by atoms with Crippen molar-refractivity contribution < 1.29 is 91.0 Å². The van der Waals surface area contributed by atoms with E-state index in [1.807, 2.05) is 0 Å². The van der Waals surface area contributed by atoms with Gasteiger partial charge < -0.3 is 53.8 Å². The second kappa shape index (κ2) is 26.9. The summed E-state index contributed by atoms with van der Waals surface area (Å²) in [6.07, 6.45) is -9.16. The summed E-state index contributed by atoms with van der Waals surface area (Å²) >= 11 is 0. The van der Waals surface area contributed by atoms with E-state index in [0.717, 1.165) is 53.4 Å². The minimum atomic E-state index is -1.91. The quantitative estimate of drug-likeness (QED) is 0.0688. The molecule has 0 spiro atoms. The van der Waals surface area contributed by atoms with Crippen LogP contribution < -0.4 is 10.6 Å². The lowest BCUT2D eigenvalue weighted by molar-refractivity contribution is -0.187. The van der Waals surface area contributed by atoms with Crippen LogP contribution in [0, 0.1) is 0 Å². The summed E-state index contributed by atoms with van der Waals surface area (Å²) in [5.41, 5.74) is 0. The molecule has 0 aromatic carbocycles. The van der Waals surface area contributed by atoms with Gasteiger partial charge in [0.1, 0.15) is 24.9 Å². The lowest BCUT2D eigenvalue weighted by atomic mass is 10.0. The molecule has 0 fully saturated rings. The fraction of sp³-hybridized carbons (Fsp3) is 0.676. The minimum Gasteiger partial charge on any atom is -0.481 e. The first kappa shape index (κ1) is 50.2. The number of ether oxygens (including phenoxy) is 7. The highest BCUT2D eigenvalue weighted by Crippen LogP contribution is 2.18. The Kier molecular flexibility index (Phi) is 24.1. The molecule has 0 bridgehead atoms. The molecule has 3 N–H and O–H groups in total. The van der Waals surface area contributed by atoms with Gasteiger partial charge in [0.25, 0.3) is 5.91 Å². The van der Waals surface area contributed by atoms with Crippen LogP contribution in [-0.2, 0) is 85.9 Å². The predicted molar refractivity (Wildman–Crippen MR) is 184 cm³/mol. The van der Waals surface area contributed by atoms with Crippen LogP contribution >= 0.6 is 0 Å². The largest absolute Gasteiger partial charge is 0.481 e. The molecule has 0 aromatic heterocycles. The van der Waals surface area contributed by atoms with Gasteiger partial charge in [0.05, 0.1) is 19.4 Å². The third-order valence-electron chi connectivity index (χ3n) is 6.91. The van der Waals surface area contributed by atoms with E-state index in [4.69, 9.17) is 38.3 Å². The lowest BCUT2D eigenvalue weighted by Crippen LogP contribution is -2.53. The number of hydrogen-bond acceptors (Lipinski definition) is 18. The summed E-state index contributed by atoms with van der Waals surface area (Å²) in [4.78, 5) is 133. The molecular weight excluding hydrogens is 754 g/mol. The van der Waals surface area contributed by atoms with E-state index in [0.29, 0.717) is 0 Å². The molecule has 22 nitrogen and oxygen atoms in total. The number of carbonyl (C=O) groups is 11. The Morgan fingerprint density at radius 3 is 1.61 bits per heavy atom. The van der Waals surface area contributed by atoms with Crippen molar-refractivity contribution in [3.63, 3.8) is 0 Å². The van der Waals surface area contributed by atoms with Gasteiger partial charge in [-0.15, -0.1) is 0 Å². The van der Waals surface area contributed by atoms with Gasteiger partial charge in [-0.1, -0.05) is 0 Å². The zero-order valence-electron chi connectivity index (χ0n) is 32.4. The van der Waals surface area contributed by atoms with E-state index in [2.05, 4.69) is 10.6 Å². The third-order valence-corrected chi connectivity index (χ3v) is 6.91. The molecular formula is C34H51N3O19. The number of carboxylic acid groups (broad SMARTS) is 1. The molecule has 0 radical (unpaired) electrons. The van der Waals surface area contributed by atoms with E-state index < -0.39 is 115 Å². The fourth-order valence-electron chi connectivity index (χ4n) is 4.85. The van der Waals surface area contributed by atoms with Crippen LogP contribution in [-0.4, -0.2) is 145 Å². The molecule has 0 unspecified atom stereocenters. The van der Waals surface area contributed by atoms with Crippen molar-refractivity contribution in [2.75, 3.05) is 39.4 Å². The Morgan fingerprint density at radius 1 is 0.589 bits per heavy atom. The number of amides is 3. The maximum atomic E-state index is 13.4. The van der Waals surface area contributed by atoms with E-state index in [-0.39, 0.29) is 52.2 Å². The number of nitrogens with one attached hydrogen (secondary N) is 2. The Labute approximate surface area is 322 Å². The Bertz CT molecular complexity index is 1420. The van der Waals surface area contributed by atoms with Crippen molar-refractivity contribution in [1.82, 2.24) is 15.5 Å². The van der Waals surface area contributed by atoms with Crippen molar-refractivity contribution in [2.45, 2.75) is 111 Å². The van der Waals surface area contributed by atoms with Crippen molar-refractivity contribution in [3.8, 4) is 0 Å². The second-order valence-electron chi connectivity index (χ2n) is 12.0. The van der Waals surface area contributed by atoms with E-state index in [1.165, 1.54) is 0 Å². The number of nitrogens with zero attached hydrogens (tertiary/aromatic N) is 1. The number of carbonyl (C=O) groups excluding carboxylic acids is 10. The summed E-state index contributed by atoms with van der Waals surface area (Å²) in [6.45, 7) is 5.65. The topological polar surface area (TPSA) is 300 Å². The first-order chi connectivity index (χ1) is 26.1. The van der Waals surface area contributed by atoms with Gasteiger partial charge in [-0.3, -0.25) is 52.7 Å². The molecule has 0 heterocycles. The summed E-state index contributed by atoms with van der Waals surface area (Å²) < 4.78 is 35.6. The highest BCUT2D eigenvalue weighted by atomic mass is 16.6. The molecule has 0 saturated heterocycles. The fourth-order valence-corrected chi connectivity index (χ4v) is 4.85. The number of hydrogen-bond donors (Lipinski definition) is 3. The molecule has 22 heteroatoms. The van der Waals surface area contributed by atoms with Crippen LogP contribution in [0.15, 0.2) is 0 Å². The van der Waals surface area contributed by atoms with Gasteiger partial charge in [0.15, 0.2) is 6.10 Å². The smallest absolute Gasteiger partial charge is 0.303 e. The molecule has 0 aromatic rings. The van der Waals surface area contributed by atoms with Gasteiger partial charge in [0.2, 0.25) is 17.9 Å². The van der Waals surface area contributed by atoms with Crippen LogP contribution in [0.1, 0.15) is 80.6 Å². The monoisotopic (exact) mass is 805 g/mol. The van der Waals surface area contributed by atoms with Gasteiger partial charge >= 0.3 is 47.8 Å². The SMILES string of the molecule is CC(=O)OCC[C@@H](OC(C)=O)[C@H](OC(C)=O)[C@@H](OC(C)=O)C(=O)NCCN(CCNC(=O)C[C@H](C[C@@H](COC(C)=O)OC(C)=O)OC(C)=O)C(=O)CCC(=O)O. The summed E-state index contributed by atoms with van der Waals surface area (Å²) in [7, 11) is 0. The first-order valence-corrected chi connectivity index (χ1v) is 17.3. The van der Waals surface area contributed by atoms with Gasteiger partial charge in [-0.2, -0.15) is 0 Å². The third kappa shape index (κ3) is 24.5. The van der Waals surface area contributed by atoms with Gasteiger partial charge in [-0.05, 0) is 0 Å². The van der Waals surface area contributed by atoms with Crippen molar-refractivity contribution in [1.29, 1.82) is 0 Å². The average molecular weight is 806 g/mol. The van der Waals surface area contributed by atoms with E-state index in [1.54, 1.807) is 0 Å². The molecule has 0 aliphatic rings. The van der Waals surface area contributed by atoms with Crippen LogP contribution in [0.3, 0.4) is 0 Å². The Balaban J connectivity index is 5.93. The molecule has 5 atom stereocenters. The molecule has 3 amide bonds. The van der Waals surface area contributed by atoms with Crippen LogP contribution in [0.4, 0.5) is 0 Å². The predicted octanol–water partition coefficient (Wildman–Crippen LogP) is -1.13. The number of esters is 7. The lowest BCUT2D eigenvalue weighted by Gasteiger charge is -2.31. The summed E-state index contributed by atoms with van der Waals surface area (Å²) in [5.74, 6) is -9.31. The Morgan fingerprint density at radius 2 is 1.11 bits per heavy atom. The zero-order valence-corrected chi connectivity index (χ0v) is 32.4. The van der Waals surface area contributed by atoms with Crippen molar-refractivity contribution in [3.05, 3.63) is 0 Å². The molecule has 0 aliphatic carbocycles. The van der Waals surface area contributed by atoms with Gasteiger partial charge in [0, 0.05) is 93.9 Å². The minimum absolute atomic E-state index is 0.209. The second-order valence-corrected chi connectivity index (χ2v) is 12.0. The van der Waals surface area contributed by atoms with Gasteiger partial charge in [-0.25, -0.2) is 0 Å². The zero-order chi connectivity index (χ0) is 43.0. The maximum absolute atomic E-state index is 13.4. The highest BCUT2D eigenvalue weighted by Gasteiger charge is 2.41. The standard InChI is InChI=1S/C34H51N3O19/c1-19(38)50-15-10-28(54-23(5)42)32(55-24(6)43)33(56-25(7)44)34(49)36-12-14-37(30(46)8-9-31(47)48)13-11-35-29(45)17-26(52-21(3)40)16-27(53-22(4)41)18-51-20(2)39/h26-28,32-33H,8-18H2,1-7H3,(H,35,45)(H,36,49)(H,47,48)/t26-,27-,28+,32-,33+/m0/s1. The molecule has 56 heavy (non-hydrogen) atoms. The molecule has 0 aliphatic heterocycles. The van der Waals surface area contributed by atoms with Crippen LogP contribution in [0.25, 0.3) is 0 Å².